The zero-order valence-corrected chi connectivity index (χ0v) is 10.4. The molecule has 0 fully saturated rings. The van der Waals surface area contributed by atoms with Crippen LogP contribution >= 0.6 is 11.6 Å². The summed E-state index contributed by atoms with van der Waals surface area (Å²) in [6.07, 6.45) is 0.918. The number of benzene rings is 3. The minimum atomic E-state index is 0.815. The summed E-state index contributed by atoms with van der Waals surface area (Å²) in [5.74, 6) is 0. The van der Waals surface area contributed by atoms with E-state index in [0.29, 0.717) is 0 Å². The Balaban J connectivity index is 2.40. The van der Waals surface area contributed by atoms with Crippen molar-refractivity contribution in [1.82, 2.24) is 0 Å². The van der Waals surface area contributed by atoms with Gasteiger partial charge in [-0.25, -0.2) is 0 Å². The van der Waals surface area contributed by atoms with Crippen LogP contribution in [-0.2, 0) is 6.42 Å². The van der Waals surface area contributed by atoms with E-state index in [2.05, 4.69) is 49.4 Å². The molecule has 3 rings (SSSR count). The van der Waals surface area contributed by atoms with E-state index in [9.17, 15) is 0 Å². The number of halogens is 1. The van der Waals surface area contributed by atoms with Gasteiger partial charge >= 0.3 is 0 Å². The SMILES string of the molecule is CCc1[c]c2cc3ccccc3cc2cc1Cl. The van der Waals surface area contributed by atoms with Crippen LogP contribution in [0.1, 0.15) is 12.5 Å². The highest BCUT2D eigenvalue weighted by Gasteiger charge is 2.03. The highest BCUT2D eigenvalue weighted by atomic mass is 35.5. The van der Waals surface area contributed by atoms with Crippen molar-refractivity contribution in [2.45, 2.75) is 13.3 Å². The van der Waals surface area contributed by atoms with Crippen LogP contribution in [0.25, 0.3) is 21.5 Å². The first-order valence-electron chi connectivity index (χ1n) is 5.81. The maximum Gasteiger partial charge on any atom is 0.0450 e. The summed E-state index contributed by atoms with van der Waals surface area (Å²) in [7, 11) is 0. The third kappa shape index (κ3) is 1.79. The zero-order chi connectivity index (χ0) is 11.8. The fraction of sp³-hybridized carbons (Fsp3) is 0.125. The van der Waals surface area contributed by atoms with Crippen molar-refractivity contribution in [3.05, 3.63) is 59.1 Å². The Labute approximate surface area is 106 Å². The van der Waals surface area contributed by atoms with E-state index in [1.807, 2.05) is 6.07 Å². The first-order chi connectivity index (χ1) is 8.28. The monoisotopic (exact) mass is 239 g/mol. The van der Waals surface area contributed by atoms with E-state index in [4.69, 9.17) is 11.6 Å². The first-order valence-corrected chi connectivity index (χ1v) is 6.19. The molecule has 1 heteroatoms. The maximum absolute atomic E-state index is 6.22. The highest BCUT2D eigenvalue weighted by Crippen LogP contribution is 2.27. The zero-order valence-electron chi connectivity index (χ0n) is 9.63. The molecule has 0 heterocycles. The van der Waals surface area contributed by atoms with E-state index >= 15 is 0 Å². The summed E-state index contributed by atoms with van der Waals surface area (Å²) >= 11 is 6.22. The molecule has 0 nitrogen and oxygen atoms in total. The van der Waals surface area contributed by atoms with Gasteiger partial charge in [0.1, 0.15) is 0 Å². The van der Waals surface area contributed by atoms with Crippen molar-refractivity contribution in [2.24, 2.45) is 0 Å². The Bertz CT molecular complexity index is 698. The van der Waals surface area contributed by atoms with Crippen LogP contribution in [0.5, 0.6) is 0 Å². The van der Waals surface area contributed by atoms with Crippen LogP contribution in [-0.4, -0.2) is 0 Å². The minimum absolute atomic E-state index is 0.815. The predicted octanol–water partition coefficient (Wildman–Crippen LogP) is 5.01. The third-order valence-electron chi connectivity index (χ3n) is 3.13. The fourth-order valence-electron chi connectivity index (χ4n) is 2.19. The first kappa shape index (κ1) is 10.6. The molecule has 83 valence electrons. The van der Waals surface area contributed by atoms with Crippen molar-refractivity contribution >= 4 is 33.1 Å². The average Bonchev–Trinajstić information content (AvgIpc) is 2.35. The number of hydrogen-bond acceptors (Lipinski definition) is 0. The largest absolute Gasteiger partial charge is 0.0840 e. The van der Waals surface area contributed by atoms with Crippen LogP contribution in [0, 0.1) is 6.07 Å². The van der Waals surface area contributed by atoms with Crippen molar-refractivity contribution in [1.29, 1.82) is 0 Å². The summed E-state index contributed by atoms with van der Waals surface area (Å²) in [4.78, 5) is 0. The van der Waals surface area contributed by atoms with Crippen LogP contribution in [0.15, 0.2) is 42.5 Å². The van der Waals surface area contributed by atoms with Crippen LogP contribution in [0.3, 0.4) is 0 Å². The van der Waals surface area contributed by atoms with Gasteiger partial charge in [-0.05, 0) is 57.8 Å². The van der Waals surface area contributed by atoms with E-state index in [0.717, 1.165) is 27.8 Å². The lowest BCUT2D eigenvalue weighted by atomic mass is 10.0. The second-order valence-electron chi connectivity index (χ2n) is 4.24. The summed E-state index contributed by atoms with van der Waals surface area (Å²) in [6.45, 7) is 2.10. The molecule has 0 bridgehead atoms. The molecule has 0 unspecified atom stereocenters. The Morgan fingerprint density at radius 3 is 2.41 bits per heavy atom. The molecule has 0 aliphatic heterocycles. The van der Waals surface area contributed by atoms with Crippen LogP contribution in [0.2, 0.25) is 5.02 Å². The van der Waals surface area contributed by atoms with Gasteiger partial charge in [0.05, 0.1) is 0 Å². The van der Waals surface area contributed by atoms with Gasteiger partial charge in [0, 0.05) is 5.02 Å². The van der Waals surface area contributed by atoms with Crippen molar-refractivity contribution in [2.75, 3.05) is 0 Å². The Morgan fingerprint density at radius 2 is 1.71 bits per heavy atom. The Hall–Kier alpha value is -1.53. The number of aryl methyl sites for hydroxylation is 1. The normalized spacial score (nSPS) is 11.2. The maximum atomic E-state index is 6.22. The van der Waals surface area contributed by atoms with E-state index in [-0.39, 0.29) is 0 Å². The fourth-order valence-corrected chi connectivity index (χ4v) is 2.49. The molecular weight excluding hydrogens is 228 g/mol. The second kappa shape index (κ2) is 4.05. The highest BCUT2D eigenvalue weighted by molar-refractivity contribution is 6.32. The lowest BCUT2D eigenvalue weighted by Gasteiger charge is -2.06. The predicted molar refractivity (Wildman–Crippen MR) is 74.7 cm³/mol. The van der Waals surface area contributed by atoms with Gasteiger partial charge in [-0.1, -0.05) is 42.8 Å². The summed E-state index contributed by atoms with van der Waals surface area (Å²) in [6, 6.07) is 18.2. The summed E-state index contributed by atoms with van der Waals surface area (Å²) < 4.78 is 0. The Kier molecular flexibility index (Phi) is 2.53. The van der Waals surface area contributed by atoms with E-state index < -0.39 is 0 Å². The lowest BCUT2D eigenvalue weighted by Crippen LogP contribution is -1.84. The van der Waals surface area contributed by atoms with Gasteiger partial charge in [0.2, 0.25) is 0 Å². The molecule has 3 aromatic rings. The molecule has 3 aromatic carbocycles. The molecule has 0 aromatic heterocycles. The van der Waals surface area contributed by atoms with E-state index in [1.165, 1.54) is 10.8 Å². The summed E-state index contributed by atoms with van der Waals surface area (Å²) in [5, 5.41) is 5.61. The quantitative estimate of drug-likeness (QED) is 0.524. The molecule has 0 spiro atoms. The Morgan fingerprint density at radius 1 is 1.00 bits per heavy atom. The topological polar surface area (TPSA) is 0 Å². The van der Waals surface area contributed by atoms with Crippen LogP contribution < -0.4 is 0 Å². The van der Waals surface area contributed by atoms with Gasteiger partial charge in [0.15, 0.2) is 0 Å². The van der Waals surface area contributed by atoms with Gasteiger partial charge in [-0.15, -0.1) is 0 Å². The molecular formula is C16H12Cl. The van der Waals surface area contributed by atoms with Gasteiger partial charge in [0.25, 0.3) is 0 Å². The van der Waals surface area contributed by atoms with Crippen molar-refractivity contribution in [3.8, 4) is 0 Å². The molecule has 0 saturated heterocycles. The molecule has 0 N–H and O–H groups in total. The molecule has 0 amide bonds. The average molecular weight is 240 g/mol. The second-order valence-corrected chi connectivity index (χ2v) is 4.64. The van der Waals surface area contributed by atoms with E-state index in [1.54, 1.807) is 0 Å². The number of rotatable bonds is 1. The minimum Gasteiger partial charge on any atom is -0.0840 e. The molecule has 0 saturated carbocycles. The van der Waals surface area contributed by atoms with Gasteiger partial charge < -0.3 is 0 Å². The molecule has 0 aliphatic rings. The van der Waals surface area contributed by atoms with Gasteiger partial charge in [-0.3, -0.25) is 0 Å². The number of fused-ring (bicyclic) bond motifs is 2. The molecule has 1 radical (unpaired) electrons. The number of hydrogen-bond donors (Lipinski definition) is 0. The standard InChI is InChI=1S/C16H12Cl/c1-2-11-7-14-8-12-5-3-4-6-13(12)9-15(14)10-16(11)17/h3-6,8-10H,2H2,1H3. The third-order valence-corrected chi connectivity index (χ3v) is 3.46. The molecule has 0 aliphatic carbocycles. The van der Waals surface area contributed by atoms with Gasteiger partial charge in [-0.2, -0.15) is 0 Å². The van der Waals surface area contributed by atoms with Crippen molar-refractivity contribution in [3.63, 3.8) is 0 Å². The smallest absolute Gasteiger partial charge is 0.0450 e. The van der Waals surface area contributed by atoms with Crippen LogP contribution in [0.4, 0.5) is 0 Å². The molecule has 0 atom stereocenters. The van der Waals surface area contributed by atoms with Crippen molar-refractivity contribution < 1.29 is 0 Å². The lowest BCUT2D eigenvalue weighted by molar-refractivity contribution is 1.14. The summed E-state index contributed by atoms with van der Waals surface area (Å²) in [5.41, 5.74) is 1.09. The molecule has 17 heavy (non-hydrogen) atoms.